The Hall–Kier alpha value is -1.05. The van der Waals surface area contributed by atoms with E-state index in [-0.39, 0.29) is 5.97 Å². The molecule has 0 fully saturated rings. The van der Waals surface area contributed by atoms with Crippen molar-refractivity contribution in [3.63, 3.8) is 0 Å². The smallest absolute Gasteiger partial charge is 0.306 e. The predicted molar refractivity (Wildman–Crippen MR) is 49.8 cm³/mol. The molecule has 0 aromatic heterocycles. The first-order valence-electron chi connectivity index (χ1n) is 4.14. The Kier molecular flexibility index (Phi) is 6.07. The number of carbonyl (C=O) groups excluding carboxylic acids is 1. The van der Waals surface area contributed by atoms with Crippen LogP contribution in [0.4, 0.5) is 0 Å². The third-order valence-electron chi connectivity index (χ3n) is 1.43. The molecule has 2 nitrogen and oxygen atoms in total. The molecule has 0 aliphatic rings. The number of ether oxygens (including phenoxy) is 1. The lowest BCUT2D eigenvalue weighted by atomic mass is 10.1. The van der Waals surface area contributed by atoms with Crippen molar-refractivity contribution in [3.8, 4) is 0 Å². The van der Waals surface area contributed by atoms with E-state index in [9.17, 15) is 4.79 Å². The monoisotopic (exact) mass is 168 g/mol. The zero-order valence-corrected chi connectivity index (χ0v) is 7.80. The van der Waals surface area contributed by atoms with Gasteiger partial charge in [-0.15, -0.1) is 0 Å². The van der Waals surface area contributed by atoms with Crippen molar-refractivity contribution in [3.05, 3.63) is 24.3 Å². The van der Waals surface area contributed by atoms with Gasteiger partial charge in [-0.1, -0.05) is 24.3 Å². The predicted octanol–water partition coefficient (Wildman–Crippen LogP) is 2.46. The molecular formula is C10H16O2. The molecule has 0 heterocycles. The number of esters is 1. The molecule has 0 aromatic rings. The molecule has 0 unspecified atom stereocenters. The van der Waals surface area contributed by atoms with Crippen LogP contribution in [0.5, 0.6) is 0 Å². The summed E-state index contributed by atoms with van der Waals surface area (Å²) in [6.45, 7) is 7.82. The Morgan fingerprint density at radius 1 is 1.50 bits per heavy atom. The fraction of sp³-hybridized carbons (Fsp3) is 0.500. The van der Waals surface area contributed by atoms with Crippen molar-refractivity contribution in [2.75, 3.05) is 6.61 Å². The van der Waals surface area contributed by atoms with Gasteiger partial charge >= 0.3 is 5.97 Å². The average molecular weight is 168 g/mol. The quantitative estimate of drug-likeness (QED) is 0.465. The Morgan fingerprint density at radius 2 is 2.17 bits per heavy atom. The fourth-order valence-corrected chi connectivity index (χ4v) is 0.817. The average Bonchev–Trinajstić information content (AvgIpc) is 2.02. The molecular weight excluding hydrogens is 152 g/mol. The molecule has 12 heavy (non-hydrogen) atoms. The molecule has 0 N–H and O–H groups in total. The first kappa shape index (κ1) is 11.0. The van der Waals surface area contributed by atoms with Gasteiger partial charge in [0.05, 0.1) is 6.61 Å². The van der Waals surface area contributed by atoms with Crippen molar-refractivity contribution in [1.29, 1.82) is 0 Å². The van der Waals surface area contributed by atoms with Gasteiger partial charge in [-0.2, -0.15) is 0 Å². The van der Waals surface area contributed by atoms with Crippen LogP contribution in [-0.2, 0) is 9.53 Å². The number of hydrogen-bond donors (Lipinski definition) is 0. The van der Waals surface area contributed by atoms with E-state index >= 15 is 0 Å². The minimum absolute atomic E-state index is 0.130. The molecule has 0 rings (SSSR count). The molecule has 0 aromatic carbocycles. The second-order valence-corrected chi connectivity index (χ2v) is 2.55. The molecule has 0 bridgehead atoms. The molecule has 0 spiro atoms. The Bertz CT molecular complexity index is 180. The summed E-state index contributed by atoms with van der Waals surface area (Å²) in [4.78, 5) is 10.9. The summed E-state index contributed by atoms with van der Waals surface area (Å²) < 4.78 is 4.78. The van der Waals surface area contributed by atoms with Crippen molar-refractivity contribution >= 4 is 5.97 Å². The normalized spacial score (nSPS) is 11.0. The van der Waals surface area contributed by atoms with Crippen LogP contribution in [0.1, 0.15) is 26.7 Å². The van der Waals surface area contributed by atoms with E-state index in [2.05, 4.69) is 6.58 Å². The number of carbonyl (C=O) groups is 1. The van der Waals surface area contributed by atoms with E-state index < -0.39 is 0 Å². The van der Waals surface area contributed by atoms with Crippen molar-refractivity contribution in [2.45, 2.75) is 26.7 Å². The first-order chi connectivity index (χ1) is 5.70. The lowest BCUT2D eigenvalue weighted by Crippen LogP contribution is -2.03. The van der Waals surface area contributed by atoms with E-state index in [1.165, 1.54) is 0 Å². The summed E-state index contributed by atoms with van der Waals surface area (Å²) >= 11 is 0. The van der Waals surface area contributed by atoms with Gasteiger partial charge in [0.25, 0.3) is 0 Å². The lowest BCUT2D eigenvalue weighted by molar-refractivity contribution is -0.143. The van der Waals surface area contributed by atoms with Crippen LogP contribution in [0.3, 0.4) is 0 Å². The molecule has 0 saturated carbocycles. The minimum Gasteiger partial charge on any atom is -0.466 e. The maximum atomic E-state index is 10.9. The van der Waals surface area contributed by atoms with Crippen LogP contribution in [0.25, 0.3) is 0 Å². The molecule has 0 aliphatic heterocycles. The highest BCUT2D eigenvalue weighted by Gasteiger charge is 2.00. The summed E-state index contributed by atoms with van der Waals surface area (Å²) in [5, 5.41) is 0. The molecule has 0 atom stereocenters. The summed E-state index contributed by atoms with van der Waals surface area (Å²) in [7, 11) is 0. The lowest BCUT2D eigenvalue weighted by Gasteiger charge is -2.00. The molecule has 0 saturated heterocycles. The van der Waals surface area contributed by atoms with Crippen LogP contribution in [0.15, 0.2) is 24.3 Å². The zero-order chi connectivity index (χ0) is 9.40. The van der Waals surface area contributed by atoms with E-state index in [0.717, 1.165) is 12.0 Å². The molecule has 0 radical (unpaired) electrons. The highest BCUT2D eigenvalue weighted by Crippen LogP contribution is 2.04. The van der Waals surface area contributed by atoms with E-state index in [1.807, 2.05) is 19.9 Å². The summed E-state index contributed by atoms with van der Waals surface area (Å²) in [5.41, 5.74) is 1.15. The molecule has 0 aliphatic carbocycles. The zero-order valence-electron chi connectivity index (χ0n) is 7.80. The van der Waals surface area contributed by atoms with E-state index in [1.54, 1.807) is 6.08 Å². The maximum absolute atomic E-state index is 10.9. The third kappa shape index (κ3) is 5.71. The van der Waals surface area contributed by atoms with Gasteiger partial charge in [0.1, 0.15) is 0 Å². The number of rotatable bonds is 5. The fourth-order valence-electron chi connectivity index (χ4n) is 0.817. The number of hydrogen-bond acceptors (Lipinski definition) is 2. The minimum atomic E-state index is -0.130. The van der Waals surface area contributed by atoms with Crippen LogP contribution in [0, 0.1) is 0 Å². The Labute approximate surface area is 73.9 Å². The Balaban J connectivity index is 3.60. The van der Waals surface area contributed by atoms with Gasteiger partial charge in [0.2, 0.25) is 0 Å². The van der Waals surface area contributed by atoms with Gasteiger partial charge < -0.3 is 4.74 Å². The van der Waals surface area contributed by atoms with Gasteiger partial charge in [-0.3, -0.25) is 4.79 Å². The highest BCUT2D eigenvalue weighted by molar-refractivity contribution is 5.69. The van der Waals surface area contributed by atoms with Gasteiger partial charge in [-0.25, -0.2) is 0 Å². The largest absolute Gasteiger partial charge is 0.466 e. The van der Waals surface area contributed by atoms with Crippen molar-refractivity contribution < 1.29 is 9.53 Å². The molecule has 2 heteroatoms. The summed E-state index contributed by atoms with van der Waals surface area (Å²) in [5.74, 6) is -0.130. The van der Waals surface area contributed by atoms with Gasteiger partial charge in [-0.05, 0) is 20.3 Å². The van der Waals surface area contributed by atoms with E-state index in [4.69, 9.17) is 4.74 Å². The van der Waals surface area contributed by atoms with Crippen LogP contribution in [0.2, 0.25) is 0 Å². The van der Waals surface area contributed by atoms with Crippen LogP contribution >= 0.6 is 0 Å². The summed E-state index contributed by atoms with van der Waals surface area (Å²) in [6, 6.07) is 0. The standard InChI is InChI=1S/C10H16O2/c1-4-6-9(3)7-8-10(11)12-5-2/h4,6H,1,5,7-8H2,2-3H3/b9-6+. The van der Waals surface area contributed by atoms with Crippen molar-refractivity contribution in [2.24, 2.45) is 0 Å². The van der Waals surface area contributed by atoms with Gasteiger partial charge in [0.15, 0.2) is 0 Å². The van der Waals surface area contributed by atoms with E-state index in [0.29, 0.717) is 13.0 Å². The molecule has 68 valence electrons. The van der Waals surface area contributed by atoms with Crippen LogP contribution < -0.4 is 0 Å². The second-order valence-electron chi connectivity index (χ2n) is 2.55. The first-order valence-corrected chi connectivity index (χ1v) is 4.14. The maximum Gasteiger partial charge on any atom is 0.306 e. The van der Waals surface area contributed by atoms with Gasteiger partial charge in [0, 0.05) is 6.42 Å². The third-order valence-corrected chi connectivity index (χ3v) is 1.43. The molecule has 0 amide bonds. The number of allylic oxidation sites excluding steroid dienone is 3. The highest BCUT2D eigenvalue weighted by atomic mass is 16.5. The summed E-state index contributed by atoms with van der Waals surface area (Å²) in [6.07, 6.45) is 4.84. The second kappa shape index (κ2) is 6.65. The SMILES string of the molecule is C=C/C=C(\C)CCC(=O)OCC. The van der Waals surface area contributed by atoms with Crippen molar-refractivity contribution in [1.82, 2.24) is 0 Å². The topological polar surface area (TPSA) is 26.3 Å². The van der Waals surface area contributed by atoms with Crippen LogP contribution in [-0.4, -0.2) is 12.6 Å². The Morgan fingerprint density at radius 3 is 2.67 bits per heavy atom.